The predicted octanol–water partition coefficient (Wildman–Crippen LogP) is 3.34. The van der Waals surface area contributed by atoms with Gasteiger partial charge in [-0.25, -0.2) is 9.97 Å². The summed E-state index contributed by atoms with van der Waals surface area (Å²) in [6, 6.07) is 0. The first-order valence-corrected chi connectivity index (χ1v) is 8.24. The van der Waals surface area contributed by atoms with Gasteiger partial charge in [0.25, 0.3) is 0 Å². The molecule has 0 amide bonds. The van der Waals surface area contributed by atoms with Crippen LogP contribution >= 0.6 is 0 Å². The molecule has 0 bridgehead atoms. The fourth-order valence-electron chi connectivity index (χ4n) is 2.91. The van der Waals surface area contributed by atoms with Crippen molar-refractivity contribution in [1.29, 1.82) is 0 Å². The Bertz CT molecular complexity index is 462. The van der Waals surface area contributed by atoms with Crippen molar-refractivity contribution in [3.05, 3.63) is 17.7 Å². The van der Waals surface area contributed by atoms with E-state index in [4.69, 9.17) is 4.98 Å². The van der Waals surface area contributed by atoms with Crippen LogP contribution in [0.2, 0.25) is 0 Å². The minimum Gasteiger partial charge on any atom is -0.369 e. The largest absolute Gasteiger partial charge is 0.369 e. The molecule has 0 aromatic carbocycles. The minimum absolute atomic E-state index is 0.374. The van der Waals surface area contributed by atoms with Crippen LogP contribution in [-0.4, -0.2) is 30.1 Å². The van der Waals surface area contributed by atoms with E-state index < -0.39 is 0 Å². The molecule has 1 N–H and O–H groups in total. The maximum atomic E-state index is 4.78. The number of piperidine rings is 1. The van der Waals surface area contributed by atoms with Crippen molar-refractivity contribution in [2.75, 3.05) is 25.0 Å². The molecule has 2 heterocycles. The van der Waals surface area contributed by atoms with Crippen LogP contribution in [0.3, 0.4) is 0 Å². The molecule has 0 spiro atoms. The summed E-state index contributed by atoms with van der Waals surface area (Å²) in [6.45, 7) is 12.0. The number of hydrogen-bond acceptors (Lipinski definition) is 4. The van der Waals surface area contributed by atoms with Gasteiger partial charge in [-0.2, -0.15) is 0 Å². The molecule has 4 heteroatoms. The third-order valence-corrected chi connectivity index (χ3v) is 4.89. The number of aromatic nitrogens is 2. The fourth-order valence-corrected chi connectivity index (χ4v) is 2.91. The van der Waals surface area contributed by atoms with Gasteiger partial charge in [-0.15, -0.1) is 0 Å². The Hall–Kier alpha value is -1.16. The second kappa shape index (κ2) is 6.73. The Labute approximate surface area is 129 Å². The maximum Gasteiger partial charge on any atom is 0.131 e. The third-order valence-electron chi connectivity index (χ3n) is 4.89. The highest BCUT2D eigenvalue weighted by molar-refractivity contribution is 5.49. The van der Waals surface area contributed by atoms with Gasteiger partial charge < -0.3 is 10.2 Å². The molecule has 0 unspecified atom stereocenters. The van der Waals surface area contributed by atoms with Crippen molar-refractivity contribution in [3.63, 3.8) is 0 Å². The number of nitrogens with one attached hydrogen (secondary N) is 1. The van der Waals surface area contributed by atoms with E-state index in [1.807, 2.05) is 13.2 Å². The van der Waals surface area contributed by atoms with E-state index in [1.54, 1.807) is 0 Å². The van der Waals surface area contributed by atoms with Gasteiger partial charge in [-0.1, -0.05) is 34.1 Å². The first-order chi connectivity index (χ1) is 9.99. The van der Waals surface area contributed by atoms with Gasteiger partial charge in [-0.05, 0) is 25.3 Å². The van der Waals surface area contributed by atoms with Crippen LogP contribution in [0.15, 0.2) is 6.20 Å². The lowest BCUT2D eigenvalue weighted by atomic mass is 9.78. The molecule has 0 aliphatic carbocycles. The van der Waals surface area contributed by atoms with Gasteiger partial charge in [-0.3, -0.25) is 0 Å². The lowest BCUT2D eigenvalue weighted by Gasteiger charge is -2.40. The van der Waals surface area contributed by atoms with Crippen LogP contribution in [-0.2, 0) is 6.54 Å². The van der Waals surface area contributed by atoms with Crippen LogP contribution in [0.1, 0.15) is 64.4 Å². The van der Waals surface area contributed by atoms with E-state index in [1.165, 1.54) is 24.9 Å². The monoisotopic (exact) mass is 290 g/mol. The van der Waals surface area contributed by atoms with Crippen molar-refractivity contribution >= 4 is 5.69 Å². The average Bonchev–Trinajstić information content (AvgIpc) is 2.48. The number of hydrogen-bond donors (Lipinski definition) is 1. The van der Waals surface area contributed by atoms with E-state index in [0.29, 0.717) is 11.3 Å². The summed E-state index contributed by atoms with van der Waals surface area (Å²) in [4.78, 5) is 11.8. The van der Waals surface area contributed by atoms with Gasteiger partial charge in [0.1, 0.15) is 5.82 Å². The quantitative estimate of drug-likeness (QED) is 0.903. The Kier molecular flexibility index (Phi) is 5.20. The maximum absolute atomic E-state index is 4.78. The van der Waals surface area contributed by atoms with Crippen LogP contribution in [0.5, 0.6) is 0 Å². The second-order valence-electron chi connectivity index (χ2n) is 6.90. The Balaban J connectivity index is 2.19. The summed E-state index contributed by atoms with van der Waals surface area (Å²) in [5.74, 6) is 1.32. The van der Waals surface area contributed by atoms with Crippen molar-refractivity contribution < 1.29 is 0 Å². The number of rotatable bonds is 5. The van der Waals surface area contributed by atoms with Crippen molar-refractivity contribution in [2.45, 2.75) is 59.4 Å². The summed E-state index contributed by atoms with van der Waals surface area (Å²) in [5, 5.41) is 3.24. The summed E-state index contributed by atoms with van der Waals surface area (Å²) < 4.78 is 0. The molecular formula is C17H30N4. The van der Waals surface area contributed by atoms with Crippen molar-refractivity contribution in [1.82, 2.24) is 15.3 Å². The smallest absolute Gasteiger partial charge is 0.131 e. The summed E-state index contributed by atoms with van der Waals surface area (Å²) in [7, 11) is 1.98. The van der Waals surface area contributed by atoms with Crippen LogP contribution in [0, 0.1) is 5.41 Å². The second-order valence-corrected chi connectivity index (χ2v) is 6.90. The topological polar surface area (TPSA) is 41.1 Å². The first kappa shape index (κ1) is 16.2. The van der Waals surface area contributed by atoms with Gasteiger partial charge >= 0.3 is 0 Å². The zero-order valence-corrected chi connectivity index (χ0v) is 14.2. The molecule has 0 saturated carbocycles. The van der Waals surface area contributed by atoms with E-state index >= 15 is 0 Å². The minimum atomic E-state index is 0.374. The Morgan fingerprint density at radius 1 is 1.33 bits per heavy atom. The summed E-state index contributed by atoms with van der Waals surface area (Å²) in [6.07, 6.45) is 5.82. The summed E-state index contributed by atoms with van der Waals surface area (Å²) >= 11 is 0. The van der Waals surface area contributed by atoms with Crippen molar-refractivity contribution in [2.24, 2.45) is 5.41 Å². The highest BCUT2D eigenvalue weighted by atomic mass is 15.2. The van der Waals surface area contributed by atoms with Crippen molar-refractivity contribution in [3.8, 4) is 0 Å². The molecule has 1 saturated heterocycles. The highest BCUT2D eigenvalue weighted by Gasteiger charge is 2.29. The van der Waals surface area contributed by atoms with E-state index in [2.05, 4.69) is 42.9 Å². The fraction of sp³-hybridized carbons (Fsp3) is 0.765. The molecule has 1 aliphatic heterocycles. The lowest BCUT2D eigenvalue weighted by molar-refractivity contribution is 0.238. The van der Waals surface area contributed by atoms with Gasteiger partial charge in [0.2, 0.25) is 0 Å². The molecule has 0 radical (unpaired) electrons. The predicted molar refractivity (Wildman–Crippen MR) is 88.7 cm³/mol. The van der Waals surface area contributed by atoms with Gasteiger partial charge in [0, 0.05) is 25.6 Å². The molecular weight excluding hydrogens is 260 g/mol. The molecule has 1 aromatic rings. The molecule has 1 aliphatic rings. The first-order valence-electron chi connectivity index (χ1n) is 8.24. The Morgan fingerprint density at radius 3 is 2.52 bits per heavy atom. The molecule has 21 heavy (non-hydrogen) atoms. The van der Waals surface area contributed by atoms with E-state index in [-0.39, 0.29) is 0 Å². The highest BCUT2D eigenvalue weighted by Crippen LogP contribution is 2.36. The number of nitrogens with zero attached hydrogens (tertiary/aromatic N) is 3. The van der Waals surface area contributed by atoms with Crippen LogP contribution in [0.25, 0.3) is 0 Å². The van der Waals surface area contributed by atoms with Gasteiger partial charge in [0.05, 0.1) is 17.6 Å². The summed E-state index contributed by atoms with van der Waals surface area (Å²) in [5.41, 5.74) is 2.86. The molecule has 2 rings (SSSR count). The average molecular weight is 290 g/mol. The SMILES string of the molecule is CCC1(C)CCN(c2cnc(C(C)C)nc2CNC)CC1. The van der Waals surface area contributed by atoms with Crippen LogP contribution in [0.4, 0.5) is 5.69 Å². The zero-order chi connectivity index (χ0) is 15.5. The third kappa shape index (κ3) is 3.73. The zero-order valence-electron chi connectivity index (χ0n) is 14.2. The standard InChI is InChI=1S/C17H30N4/c1-6-17(4)7-9-21(10-8-17)15-12-19-16(13(2)3)20-14(15)11-18-5/h12-13,18H,6-11H2,1-5H3. The molecule has 1 aromatic heterocycles. The molecule has 4 nitrogen and oxygen atoms in total. The Morgan fingerprint density at radius 2 is 2.00 bits per heavy atom. The van der Waals surface area contributed by atoms with Gasteiger partial charge in [0.15, 0.2) is 0 Å². The lowest BCUT2D eigenvalue weighted by Crippen LogP contribution is -2.39. The van der Waals surface area contributed by atoms with Crippen LogP contribution < -0.4 is 10.2 Å². The molecule has 0 atom stereocenters. The number of anilines is 1. The van der Waals surface area contributed by atoms with E-state index in [9.17, 15) is 0 Å². The normalized spacial score (nSPS) is 18.3. The van der Waals surface area contributed by atoms with E-state index in [0.717, 1.165) is 31.2 Å². The molecule has 118 valence electrons. The molecule has 1 fully saturated rings.